The van der Waals surface area contributed by atoms with E-state index in [0.29, 0.717) is 11.3 Å². The number of fused-ring (bicyclic) bond motifs is 1. The normalized spacial score (nSPS) is 30.4. The van der Waals surface area contributed by atoms with Crippen LogP contribution in [0.3, 0.4) is 0 Å². The van der Waals surface area contributed by atoms with E-state index in [1.165, 1.54) is 0 Å². The molecule has 7 nitrogen and oxygen atoms in total. The second-order valence-corrected chi connectivity index (χ2v) is 7.49. The molecule has 1 N–H and O–H groups in total. The molecule has 0 aromatic heterocycles. The summed E-state index contributed by atoms with van der Waals surface area (Å²) in [6, 6.07) is 17.8. The maximum absolute atomic E-state index is 12.3. The first-order valence-electron chi connectivity index (χ1n) is 9.56. The lowest BCUT2D eigenvalue weighted by Crippen LogP contribution is -2.59. The van der Waals surface area contributed by atoms with E-state index < -0.39 is 42.5 Å². The number of carbonyl (C=O) groups is 1. The lowest BCUT2D eigenvalue weighted by Gasteiger charge is -2.39. The van der Waals surface area contributed by atoms with Crippen LogP contribution >= 0.6 is 0 Å². The van der Waals surface area contributed by atoms with Gasteiger partial charge in [0.15, 0.2) is 5.79 Å². The maximum Gasteiger partial charge on any atom is 0.338 e. The Kier molecular flexibility index (Phi) is 5.56. The van der Waals surface area contributed by atoms with E-state index in [1.54, 1.807) is 50.2 Å². The van der Waals surface area contributed by atoms with Crippen molar-refractivity contribution in [2.24, 2.45) is 0 Å². The molecular formula is C22H24O7. The van der Waals surface area contributed by atoms with Gasteiger partial charge in [0.2, 0.25) is 6.29 Å². The van der Waals surface area contributed by atoms with Gasteiger partial charge >= 0.3 is 5.97 Å². The zero-order valence-electron chi connectivity index (χ0n) is 16.3. The summed E-state index contributed by atoms with van der Waals surface area (Å²) < 4.78 is 29.0. The summed E-state index contributed by atoms with van der Waals surface area (Å²) >= 11 is 0. The Labute approximate surface area is 169 Å². The Morgan fingerprint density at radius 3 is 2.31 bits per heavy atom. The molecule has 29 heavy (non-hydrogen) atoms. The Morgan fingerprint density at radius 2 is 1.62 bits per heavy atom. The summed E-state index contributed by atoms with van der Waals surface area (Å²) in [5.41, 5.74) is 0.445. The molecule has 7 heteroatoms. The summed E-state index contributed by atoms with van der Waals surface area (Å²) in [5, 5.41) is 10.7. The van der Waals surface area contributed by atoms with E-state index in [9.17, 15) is 9.90 Å². The van der Waals surface area contributed by atoms with Crippen LogP contribution in [0.15, 0.2) is 60.7 Å². The van der Waals surface area contributed by atoms with Crippen LogP contribution in [0.5, 0.6) is 5.75 Å². The summed E-state index contributed by atoms with van der Waals surface area (Å²) in [4.78, 5) is 12.3. The molecule has 154 valence electrons. The molecule has 2 aromatic carbocycles. The highest BCUT2D eigenvalue weighted by molar-refractivity contribution is 5.89. The molecule has 2 aromatic rings. The third-order valence-corrected chi connectivity index (χ3v) is 4.84. The Morgan fingerprint density at radius 1 is 1.00 bits per heavy atom. The molecule has 2 fully saturated rings. The quantitative estimate of drug-likeness (QED) is 0.772. The van der Waals surface area contributed by atoms with E-state index >= 15 is 0 Å². The fourth-order valence-electron chi connectivity index (χ4n) is 3.53. The molecule has 0 saturated carbocycles. The summed E-state index contributed by atoms with van der Waals surface area (Å²) in [7, 11) is 0. The number of para-hydroxylation sites is 1. The standard InChI is InChI=1S/C22H24O7/c1-22(2)28-18-16(13-25-20(24)14-9-5-3-6-10-14)27-21(17(23)19(18)29-22)26-15-11-7-4-8-12-15/h3-12,16-19,21,23H,13H2,1-2H3/t16-,17-,18+,19-,21-/m1/s1. The number of aliphatic hydroxyl groups is 1. The molecule has 2 saturated heterocycles. The van der Waals surface area contributed by atoms with E-state index in [0.717, 1.165) is 0 Å². The second kappa shape index (κ2) is 8.12. The highest BCUT2D eigenvalue weighted by atomic mass is 16.8. The van der Waals surface area contributed by atoms with Gasteiger partial charge in [-0.25, -0.2) is 4.79 Å². The molecule has 0 bridgehead atoms. The zero-order chi connectivity index (χ0) is 20.4. The molecule has 2 aliphatic heterocycles. The molecule has 2 aliphatic rings. The summed E-state index contributed by atoms with van der Waals surface area (Å²) in [5.74, 6) is -0.813. The first-order chi connectivity index (χ1) is 13.9. The lowest BCUT2D eigenvalue weighted by atomic mass is 9.99. The molecule has 0 unspecified atom stereocenters. The van der Waals surface area contributed by atoms with Crippen LogP contribution in [0.2, 0.25) is 0 Å². The topological polar surface area (TPSA) is 83.5 Å². The van der Waals surface area contributed by atoms with Gasteiger partial charge in [0.1, 0.15) is 36.8 Å². The largest absolute Gasteiger partial charge is 0.462 e. The average molecular weight is 400 g/mol. The average Bonchev–Trinajstić information content (AvgIpc) is 3.06. The number of hydrogen-bond donors (Lipinski definition) is 1. The summed E-state index contributed by atoms with van der Waals surface area (Å²) in [6.45, 7) is 3.46. The van der Waals surface area contributed by atoms with E-state index in [1.807, 2.05) is 24.3 Å². The van der Waals surface area contributed by atoms with Crippen LogP contribution < -0.4 is 4.74 Å². The second-order valence-electron chi connectivity index (χ2n) is 7.49. The number of rotatable bonds is 5. The maximum atomic E-state index is 12.3. The molecule has 0 aliphatic carbocycles. The van der Waals surface area contributed by atoms with Crippen LogP contribution in [-0.2, 0) is 18.9 Å². The highest BCUT2D eigenvalue weighted by Gasteiger charge is 2.56. The first kappa shape index (κ1) is 19.8. The first-order valence-corrected chi connectivity index (χ1v) is 9.56. The molecule has 2 heterocycles. The minimum atomic E-state index is -1.07. The Hall–Kier alpha value is -2.45. The minimum Gasteiger partial charge on any atom is -0.462 e. The van der Waals surface area contributed by atoms with Gasteiger partial charge in [-0.2, -0.15) is 0 Å². The molecule has 0 spiro atoms. The number of benzene rings is 2. The molecule has 0 amide bonds. The van der Waals surface area contributed by atoms with Gasteiger partial charge < -0.3 is 28.8 Å². The molecule has 4 rings (SSSR count). The molecule has 0 radical (unpaired) electrons. The SMILES string of the molecule is CC1(C)O[C@@H]2[C@@H](O)[C@H](Oc3ccccc3)O[C@H](COC(=O)c3ccccc3)[C@@H]2O1. The van der Waals surface area contributed by atoms with Crippen molar-refractivity contribution in [2.75, 3.05) is 6.61 Å². The van der Waals surface area contributed by atoms with Crippen molar-refractivity contribution in [3.05, 3.63) is 66.2 Å². The zero-order valence-corrected chi connectivity index (χ0v) is 16.3. The van der Waals surface area contributed by atoms with Gasteiger partial charge in [0.05, 0.1) is 5.56 Å². The van der Waals surface area contributed by atoms with Gasteiger partial charge in [0, 0.05) is 0 Å². The van der Waals surface area contributed by atoms with Crippen molar-refractivity contribution in [3.63, 3.8) is 0 Å². The van der Waals surface area contributed by atoms with Crippen LogP contribution in [-0.4, -0.2) is 54.2 Å². The van der Waals surface area contributed by atoms with E-state index in [-0.39, 0.29) is 6.61 Å². The number of ether oxygens (including phenoxy) is 5. The van der Waals surface area contributed by atoms with E-state index in [4.69, 9.17) is 23.7 Å². The Bertz CT molecular complexity index is 824. The summed E-state index contributed by atoms with van der Waals surface area (Å²) in [6.07, 6.45) is -3.99. The van der Waals surface area contributed by atoms with Crippen LogP contribution in [0, 0.1) is 0 Å². The van der Waals surface area contributed by atoms with Crippen LogP contribution in [0.25, 0.3) is 0 Å². The lowest BCUT2D eigenvalue weighted by molar-refractivity contribution is -0.254. The van der Waals surface area contributed by atoms with Crippen LogP contribution in [0.4, 0.5) is 0 Å². The monoisotopic (exact) mass is 400 g/mol. The Balaban J connectivity index is 1.49. The van der Waals surface area contributed by atoms with Crippen molar-refractivity contribution >= 4 is 5.97 Å². The fraction of sp³-hybridized carbons (Fsp3) is 0.409. The molecular weight excluding hydrogens is 376 g/mol. The van der Waals surface area contributed by atoms with Gasteiger partial charge in [0.25, 0.3) is 0 Å². The van der Waals surface area contributed by atoms with Gasteiger partial charge in [-0.1, -0.05) is 36.4 Å². The third kappa shape index (κ3) is 4.43. The van der Waals surface area contributed by atoms with Gasteiger partial charge in [-0.15, -0.1) is 0 Å². The minimum absolute atomic E-state index is 0.0598. The number of aliphatic hydroxyl groups excluding tert-OH is 1. The van der Waals surface area contributed by atoms with Gasteiger partial charge in [-0.05, 0) is 38.1 Å². The number of hydrogen-bond acceptors (Lipinski definition) is 7. The number of carbonyl (C=O) groups excluding carboxylic acids is 1. The molecule has 5 atom stereocenters. The van der Waals surface area contributed by atoms with Crippen molar-refractivity contribution in [1.29, 1.82) is 0 Å². The van der Waals surface area contributed by atoms with Crippen molar-refractivity contribution < 1.29 is 33.6 Å². The number of esters is 1. The van der Waals surface area contributed by atoms with E-state index in [2.05, 4.69) is 0 Å². The predicted octanol–water partition coefficient (Wildman–Crippen LogP) is 2.53. The van der Waals surface area contributed by atoms with Crippen molar-refractivity contribution in [1.82, 2.24) is 0 Å². The fourth-order valence-corrected chi connectivity index (χ4v) is 3.53. The van der Waals surface area contributed by atoms with Crippen molar-refractivity contribution in [2.45, 2.75) is 50.3 Å². The van der Waals surface area contributed by atoms with Crippen molar-refractivity contribution in [3.8, 4) is 5.75 Å². The van der Waals surface area contributed by atoms with Gasteiger partial charge in [-0.3, -0.25) is 0 Å². The smallest absolute Gasteiger partial charge is 0.338 e. The predicted molar refractivity (Wildman–Crippen MR) is 102 cm³/mol. The highest BCUT2D eigenvalue weighted by Crippen LogP contribution is 2.38. The third-order valence-electron chi connectivity index (χ3n) is 4.84. The van der Waals surface area contributed by atoms with Crippen LogP contribution in [0.1, 0.15) is 24.2 Å².